The van der Waals surface area contributed by atoms with Crippen molar-refractivity contribution < 1.29 is 13.9 Å². The molecule has 0 saturated carbocycles. The number of hydrogen-bond acceptors (Lipinski definition) is 6. The van der Waals surface area contributed by atoms with E-state index in [-0.39, 0.29) is 12.1 Å². The highest BCUT2D eigenvalue weighted by molar-refractivity contribution is 5.89. The molecule has 8 heteroatoms. The van der Waals surface area contributed by atoms with Crippen LogP contribution in [0.3, 0.4) is 0 Å². The van der Waals surface area contributed by atoms with Gasteiger partial charge in [0.1, 0.15) is 11.6 Å². The van der Waals surface area contributed by atoms with Crippen LogP contribution in [0.5, 0.6) is 0 Å². The minimum atomic E-state index is -0.514. The Morgan fingerprint density at radius 3 is 2.72 bits per heavy atom. The molecule has 0 fully saturated rings. The lowest BCUT2D eigenvalue weighted by Crippen LogP contribution is -2.08. The smallest absolute Gasteiger partial charge is 0.337 e. The van der Waals surface area contributed by atoms with Gasteiger partial charge in [0, 0.05) is 18.3 Å². The number of carbonyl (C=O) groups excluding carboxylic acids is 1. The van der Waals surface area contributed by atoms with Crippen molar-refractivity contribution in [1.82, 2.24) is 20.0 Å². The summed E-state index contributed by atoms with van der Waals surface area (Å²) in [6, 6.07) is 9.40. The van der Waals surface area contributed by atoms with Crippen LogP contribution in [-0.4, -0.2) is 33.1 Å². The molecule has 128 valence electrons. The summed E-state index contributed by atoms with van der Waals surface area (Å²) < 4.78 is 20.1. The number of carbonyl (C=O) groups is 1. The third-order valence-corrected chi connectivity index (χ3v) is 3.53. The second-order valence-electron chi connectivity index (χ2n) is 5.33. The Labute approximate surface area is 143 Å². The number of halogens is 1. The van der Waals surface area contributed by atoms with Gasteiger partial charge in [-0.2, -0.15) is 5.10 Å². The van der Waals surface area contributed by atoms with Gasteiger partial charge >= 0.3 is 5.97 Å². The van der Waals surface area contributed by atoms with Gasteiger partial charge in [0.25, 0.3) is 0 Å². The predicted molar refractivity (Wildman–Crippen MR) is 89.0 cm³/mol. The van der Waals surface area contributed by atoms with Crippen LogP contribution in [-0.2, 0) is 11.3 Å². The van der Waals surface area contributed by atoms with Gasteiger partial charge < -0.3 is 10.1 Å². The maximum atomic E-state index is 13.9. The quantitative estimate of drug-likeness (QED) is 0.718. The van der Waals surface area contributed by atoms with Gasteiger partial charge in [-0.3, -0.25) is 0 Å². The van der Waals surface area contributed by atoms with E-state index in [4.69, 9.17) is 0 Å². The van der Waals surface area contributed by atoms with Crippen LogP contribution in [0, 0.1) is 12.7 Å². The molecule has 0 unspecified atom stereocenters. The average molecular weight is 341 g/mol. The van der Waals surface area contributed by atoms with Crippen LogP contribution in [0.4, 0.5) is 10.2 Å². The van der Waals surface area contributed by atoms with Gasteiger partial charge in [-0.1, -0.05) is 0 Å². The summed E-state index contributed by atoms with van der Waals surface area (Å²) in [6.45, 7) is 2.04. The first-order valence-electron chi connectivity index (χ1n) is 7.54. The molecule has 3 rings (SSSR count). The number of nitrogens with zero attached hydrogens (tertiary/aromatic N) is 4. The topological polar surface area (TPSA) is 81.9 Å². The van der Waals surface area contributed by atoms with E-state index in [1.807, 2.05) is 13.0 Å². The van der Waals surface area contributed by atoms with E-state index in [0.29, 0.717) is 17.2 Å². The van der Waals surface area contributed by atoms with Crippen LogP contribution < -0.4 is 5.32 Å². The molecule has 2 aromatic heterocycles. The number of aromatic nitrogens is 4. The maximum Gasteiger partial charge on any atom is 0.337 e. The normalized spacial score (nSPS) is 10.5. The molecule has 2 heterocycles. The molecular formula is C17H16FN5O2. The van der Waals surface area contributed by atoms with Gasteiger partial charge in [0.15, 0.2) is 5.82 Å². The second-order valence-corrected chi connectivity index (χ2v) is 5.33. The molecule has 7 nitrogen and oxygen atoms in total. The van der Waals surface area contributed by atoms with Crippen LogP contribution in [0.1, 0.15) is 21.6 Å². The average Bonchev–Trinajstić information content (AvgIpc) is 3.07. The summed E-state index contributed by atoms with van der Waals surface area (Å²) in [5.41, 5.74) is 1.50. The molecule has 0 radical (unpaired) electrons. The zero-order chi connectivity index (χ0) is 17.8. The van der Waals surface area contributed by atoms with E-state index in [9.17, 15) is 9.18 Å². The highest BCUT2D eigenvalue weighted by atomic mass is 19.1. The first-order chi connectivity index (χ1) is 12.1. The highest BCUT2D eigenvalue weighted by Crippen LogP contribution is 2.14. The van der Waals surface area contributed by atoms with Crippen LogP contribution >= 0.6 is 0 Å². The number of benzene rings is 1. The first kappa shape index (κ1) is 16.6. The SMILES string of the molecule is COC(=O)c1ccc(F)c(CNc2ccc(-n3ccc(C)n3)nn2)c1. The molecule has 1 N–H and O–H groups in total. The van der Waals surface area contributed by atoms with Crippen LogP contribution in [0.2, 0.25) is 0 Å². The number of anilines is 1. The van der Waals surface area contributed by atoms with E-state index < -0.39 is 11.8 Å². The van der Waals surface area contributed by atoms with Crippen molar-refractivity contribution in [2.24, 2.45) is 0 Å². The Balaban J connectivity index is 1.70. The summed E-state index contributed by atoms with van der Waals surface area (Å²) >= 11 is 0. The van der Waals surface area contributed by atoms with E-state index >= 15 is 0 Å². The van der Waals surface area contributed by atoms with Crippen molar-refractivity contribution in [1.29, 1.82) is 0 Å². The van der Waals surface area contributed by atoms with Crippen molar-refractivity contribution >= 4 is 11.8 Å². The van der Waals surface area contributed by atoms with Gasteiger partial charge in [-0.25, -0.2) is 13.9 Å². The lowest BCUT2D eigenvalue weighted by molar-refractivity contribution is 0.0600. The Morgan fingerprint density at radius 1 is 1.24 bits per heavy atom. The minimum Gasteiger partial charge on any atom is -0.465 e. The molecule has 0 atom stereocenters. The summed E-state index contributed by atoms with van der Waals surface area (Å²) in [7, 11) is 1.28. The van der Waals surface area contributed by atoms with Crippen molar-refractivity contribution in [3.05, 3.63) is 65.2 Å². The lowest BCUT2D eigenvalue weighted by Gasteiger charge is -2.08. The number of nitrogens with one attached hydrogen (secondary N) is 1. The molecule has 3 aromatic rings. The third-order valence-electron chi connectivity index (χ3n) is 3.53. The molecule has 25 heavy (non-hydrogen) atoms. The second kappa shape index (κ2) is 7.08. The maximum absolute atomic E-state index is 13.9. The largest absolute Gasteiger partial charge is 0.465 e. The molecule has 0 spiro atoms. The van der Waals surface area contributed by atoms with Crippen molar-refractivity contribution in [3.8, 4) is 5.82 Å². The zero-order valence-corrected chi connectivity index (χ0v) is 13.7. The molecule has 0 aliphatic carbocycles. The van der Waals surface area contributed by atoms with Gasteiger partial charge in [0.05, 0.1) is 18.4 Å². The Hall–Kier alpha value is -3.29. The van der Waals surface area contributed by atoms with Crippen molar-refractivity contribution in [2.75, 3.05) is 12.4 Å². The zero-order valence-electron chi connectivity index (χ0n) is 13.7. The van der Waals surface area contributed by atoms with Gasteiger partial charge in [-0.05, 0) is 43.3 Å². The standard InChI is InChI=1S/C17H16FN5O2/c1-11-7-8-23(22-11)16-6-5-15(20-21-16)19-10-13-9-12(17(24)25-2)3-4-14(13)18/h3-9H,10H2,1-2H3,(H,19,20). The van der Waals surface area contributed by atoms with E-state index in [1.165, 1.54) is 25.3 Å². The number of esters is 1. The molecule has 1 aromatic carbocycles. The fraction of sp³-hybridized carbons (Fsp3) is 0.176. The molecule has 0 amide bonds. The van der Waals surface area contributed by atoms with Crippen molar-refractivity contribution in [2.45, 2.75) is 13.5 Å². The van der Waals surface area contributed by atoms with Gasteiger partial charge in [-0.15, -0.1) is 10.2 Å². The summed E-state index contributed by atoms with van der Waals surface area (Å²) in [6.07, 6.45) is 1.79. The van der Waals surface area contributed by atoms with Gasteiger partial charge in [0.2, 0.25) is 0 Å². The predicted octanol–water partition coefficient (Wildman–Crippen LogP) is 2.51. The number of hydrogen-bond donors (Lipinski definition) is 1. The Kier molecular flexibility index (Phi) is 4.69. The third kappa shape index (κ3) is 3.79. The molecule has 0 bridgehead atoms. The van der Waals surface area contributed by atoms with E-state index in [2.05, 4.69) is 25.3 Å². The molecule has 0 aliphatic heterocycles. The highest BCUT2D eigenvalue weighted by Gasteiger charge is 2.10. The number of ether oxygens (including phenoxy) is 1. The molecular weight excluding hydrogens is 325 g/mol. The Morgan fingerprint density at radius 2 is 2.08 bits per heavy atom. The fourth-order valence-corrected chi connectivity index (χ4v) is 2.23. The summed E-state index contributed by atoms with van der Waals surface area (Å²) in [5, 5.41) is 15.3. The number of methoxy groups -OCH3 is 1. The van der Waals surface area contributed by atoms with Crippen molar-refractivity contribution in [3.63, 3.8) is 0 Å². The summed E-state index contributed by atoms with van der Waals surface area (Å²) in [5.74, 6) is 0.129. The number of aryl methyl sites for hydroxylation is 1. The summed E-state index contributed by atoms with van der Waals surface area (Å²) in [4.78, 5) is 11.5. The molecule has 0 aliphatic rings. The number of rotatable bonds is 5. The van der Waals surface area contributed by atoms with E-state index in [0.717, 1.165) is 5.69 Å². The Bertz CT molecular complexity index is 892. The van der Waals surface area contributed by atoms with Crippen LogP contribution in [0.25, 0.3) is 5.82 Å². The first-order valence-corrected chi connectivity index (χ1v) is 7.54. The monoisotopic (exact) mass is 341 g/mol. The lowest BCUT2D eigenvalue weighted by atomic mass is 10.1. The fourth-order valence-electron chi connectivity index (χ4n) is 2.23. The minimum absolute atomic E-state index is 0.158. The molecule has 0 saturated heterocycles. The van der Waals surface area contributed by atoms with E-state index in [1.54, 1.807) is 23.0 Å². The van der Waals surface area contributed by atoms with Crippen LogP contribution in [0.15, 0.2) is 42.6 Å².